The Bertz CT molecular complexity index is 22.8. The van der Waals surface area contributed by atoms with E-state index in [9.17, 15) is 0 Å². The van der Waals surface area contributed by atoms with Crippen molar-refractivity contribution < 1.29 is 0 Å². The lowest BCUT2D eigenvalue weighted by Crippen LogP contribution is -1.42. The van der Waals surface area contributed by atoms with Gasteiger partial charge in [0.1, 0.15) is 0 Å². The third-order valence-corrected chi connectivity index (χ3v) is 0.866. The zero-order valence-corrected chi connectivity index (χ0v) is 5.11. The zero-order chi connectivity index (χ0) is 2.99. The van der Waals surface area contributed by atoms with E-state index in [4.69, 9.17) is 0 Å². The topological polar surface area (TPSA) is 0 Å². The van der Waals surface area contributed by atoms with Gasteiger partial charge in [0.15, 0.2) is 0 Å². The maximum atomic E-state index is 2.28. The minimum absolute atomic E-state index is 0. The molecule has 1 saturated carbocycles. The summed E-state index contributed by atoms with van der Waals surface area (Å²) in [6.07, 6.45) is 2.97. The Morgan fingerprint density at radius 2 is 1.60 bits per heavy atom. The predicted molar refractivity (Wildman–Crippen MR) is 28.7 cm³/mol. The molecule has 0 heterocycles. The highest BCUT2D eigenvalue weighted by Gasteiger charge is 2.12. The van der Waals surface area contributed by atoms with Crippen LogP contribution >= 0.6 is 17.0 Å². The molecule has 1 rings (SSSR count). The van der Waals surface area contributed by atoms with Gasteiger partial charge < -0.3 is 0 Å². The molecule has 0 saturated heterocycles. The Morgan fingerprint density at radius 1 is 1.40 bits per heavy atom. The van der Waals surface area contributed by atoms with Crippen molar-refractivity contribution >= 4 is 17.0 Å². The van der Waals surface area contributed by atoms with Gasteiger partial charge in [0.05, 0.1) is 0 Å². The Labute approximate surface area is 43.3 Å². The van der Waals surface area contributed by atoms with Gasteiger partial charge in [-0.05, 0) is 5.92 Å². The average molecular weight is 137 g/mol. The SMILES string of the molecule is Br.CC1CC1. The van der Waals surface area contributed by atoms with Crippen LogP contribution in [0.25, 0.3) is 0 Å². The highest BCUT2D eigenvalue weighted by atomic mass is 79.9. The minimum atomic E-state index is 0. The largest absolute Gasteiger partial charge is 0.114 e. The van der Waals surface area contributed by atoms with E-state index in [1.807, 2.05) is 0 Å². The molecule has 0 aliphatic heterocycles. The van der Waals surface area contributed by atoms with E-state index < -0.39 is 0 Å². The van der Waals surface area contributed by atoms with Crippen LogP contribution in [0.3, 0.4) is 0 Å². The monoisotopic (exact) mass is 136 g/mol. The van der Waals surface area contributed by atoms with Gasteiger partial charge in [-0.15, -0.1) is 17.0 Å². The summed E-state index contributed by atoms with van der Waals surface area (Å²) in [5.41, 5.74) is 0. The van der Waals surface area contributed by atoms with E-state index in [0.29, 0.717) is 0 Å². The Kier molecular flexibility index (Phi) is 1.98. The number of rotatable bonds is 0. The molecule has 1 aliphatic rings. The van der Waals surface area contributed by atoms with E-state index in [1.54, 1.807) is 0 Å². The first-order valence-corrected chi connectivity index (χ1v) is 1.89. The van der Waals surface area contributed by atoms with Crippen molar-refractivity contribution in [3.05, 3.63) is 0 Å². The van der Waals surface area contributed by atoms with Crippen LogP contribution in [-0.4, -0.2) is 0 Å². The summed E-state index contributed by atoms with van der Waals surface area (Å²) in [7, 11) is 0. The van der Waals surface area contributed by atoms with Gasteiger partial charge >= 0.3 is 0 Å². The summed E-state index contributed by atoms with van der Waals surface area (Å²) >= 11 is 0. The molecule has 1 heteroatoms. The fourth-order valence-electron chi connectivity index (χ4n) is 0.167. The number of hydrogen-bond acceptors (Lipinski definition) is 0. The van der Waals surface area contributed by atoms with Crippen molar-refractivity contribution in [3.8, 4) is 0 Å². The van der Waals surface area contributed by atoms with Gasteiger partial charge in [0, 0.05) is 0 Å². The molecule has 0 aromatic rings. The van der Waals surface area contributed by atoms with E-state index in [-0.39, 0.29) is 17.0 Å². The van der Waals surface area contributed by atoms with Gasteiger partial charge in [0.2, 0.25) is 0 Å². The zero-order valence-electron chi connectivity index (χ0n) is 3.40. The highest BCUT2D eigenvalue weighted by molar-refractivity contribution is 8.93. The Hall–Kier alpha value is 0.480. The molecule has 0 N–H and O–H groups in total. The summed E-state index contributed by atoms with van der Waals surface area (Å²) < 4.78 is 0. The molecule has 5 heavy (non-hydrogen) atoms. The smallest absolute Gasteiger partial charge is 0.0443 e. The maximum absolute atomic E-state index is 2.28. The fraction of sp³-hybridized carbons (Fsp3) is 1.00. The minimum Gasteiger partial charge on any atom is -0.114 e. The molecule has 0 nitrogen and oxygen atoms in total. The molecular weight excluding hydrogens is 128 g/mol. The van der Waals surface area contributed by atoms with E-state index in [1.165, 1.54) is 12.8 Å². The quantitative estimate of drug-likeness (QED) is 0.479. The molecule has 0 amide bonds. The molecule has 0 aromatic heterocycles. The van der Waals surface area contributed by atoms with Gasteiger partial charge in [-0.1, -0.05) is 19.8 Å². The van der Waals surface area contributed by atoms with Crippen LogP contribution in [0.4, 0.5) is 0 Å². The summed E-state index contributed by atoms with van der Waals surface area (Å²) in [4.78, 5) is 0. The highest BCUT2D eigenvalue weighted by Crippen LogP contribution is 2.26. The normalized spacial score (nSPS) is 21.0. The van der Waals surface area contributed by atoms with Crippen LogP contribution in [0.5, 0.6) is 0 Å². The second-order valence-electron chi connectivity index (χ2n) is 1.68. The molecule has 0 spiro atoms. The fourth-order valence-corrected chi connectivity index (χ4v) is 0.167. The summed E-state index contributed by atoms with van der Waals surface area (Å²) in [5, 5.41) is 0. The van der Waals surface area contributed by atoms with Crippen molar-refractivity contribution in [2.45, 2.75) is 19.8 Å². The van der Waals surface area contributed by atoms with Crippen LogP contribution in [0.15, 0.2) is 0 Å². The lowest BCUT2D eigenvalue weighted by atomic mass is 10.5. The first-order chi connectivity index (χ1) is 1.89. The first-order valence-electron chi connectivity index (χ1n) is 1.89. The van der Waals surface area contributed by atoms with Crippen molar-refractivity contribution in [2.75, 3.05) is 0 Å². The summed E-state index contributed by atoms with van der Waals surface area (Å²) in [5.74, 6) is 1.08. The molecule has 32 valence electrons. The molecule has 1 aliphatic carbocycles. The van der Waals surface area contributed by atoms with E-state index in [0.717, 1.165) is 5.92 Å². The molecule has 0 radical (unpaired) electrons. The van der Waals surface area contributed by atoms with Gasteiger partial charge in [0.25, 0.3) is 0 Å². The molecule has 0 atom stereocenters. The number of hydrogen-bond donors (Lipinski definition) is 0. The second-order valence-corrected chi connectivity index (χ2v) is 1.68. The van der Waals surface area contributed by atoms with Crippen molar-refractivity contribution in [3.63, 3.8) is 0 Å². The van der Waals surface area contributed by atoms with Gasteiger partial charge in [-0.2, -0.15) is 0 Å². The van der Waals surface area contributed by atoms with Gasteiger partial charge in [-0.3, -0.25) is 0 Å². The average Bonchev–Trinajstić information content (AvgIpc) is 1.75. The van der Waals surface area contributed by atoms with Crippen molar-refractivity contribution in [1.82, 2.24) is 0 Å². The van der Waals surface area contributed by atoms with Crippen LogP contribution in [-0.2, 0) is 0 Å². The standard InChI is InChI=1S/C4H8.BrH/c1-4-2-3-4;/h4H,2-3H2,1H3;1H. The molecule has 0 unspecified atom stereocenters. The molecule has 0 bridgehead atoms. The second kappa shape index (κ2) is 1.81. The van der Waals surface area contributed by atoms with Crippen LogP contribution in [0, 0.1) is 5.92 Å². The van der Waals surface area contributed by atoms with Gasteiger partial charge in [-0.25, -0.2) is 0 Å². The van der Waals surface area contributed by atoms with E-state index in [2.05, 4.69) is 6.92 Å². The molecule has 1 fully saturated rings. The van der Waals surface area contributed by atoms with Crippen LogP contribution in [0.1, 0.15) is 19.8 Å². The van der Waals surface area contributed by atoms with Crippen LogP contribution < -0.4 is 0 Å². The third kappa shape index (κ3) is 2.28. The number of halogens is 1. The molecule has 0 aromatic carbocycles. The third-order valence-electron chi connectivity index (χ3n) is 0.866. The summed E-state index contributed by atoms with van der Waals surface area (Å²) in [6, 6.07) is 0. The van der Waals surface area contributed by atoms with Crippen molar-refractivity contribution in [2.24, 2.45) is 5.92 Å². The van der Waals surface area contributed by atoms with Crippen molar-refractivity contribution in [1.29, 1.82) is 0 Å². The maximum Gasteiger partial charge on any atom is -0.0443 e. The Morgan fingerprint density at radius 3 is 1.60 bits per heavy atom. The van der Waals surface area contributed by atoms with Crippen LogP contribution in [0.2, 0.25) is 0 Å². The predicted octanol–water partition coefficient (Wildman–Crippen LogP) is 1.99. The Balaban J connectivity index is 0.000000160. The lowest BCUT2D eigenvalue weighted by molar-refractivity contribution is 0.983. The lowest BCUT2D eigenvalue weighted by Gasteiger charge is -1.53. The summed E-state index contributed by atoms with van der Waals surface area (Å²) in [6.45, 7) is 2.28. The first kappa shape index (κ1) is 5.48. The van der Waals surface area contributed by atoms with E-state index >= 15 is 0 Å². The molecular formula is C4H9Br.